The fourth-order valence-corrected chi connectivity index (χ4v) is 0.902. The third-order valence-electron chi connectivity index (χ3n) is 1.51. The van der Waals surface area contributed by atoms with Crippen molar-refractivity contribution in [3.63, 3.8) is 0 Å². The van der Waals surface area contributed by atoms with E-state index in [-0.39, 0.29) is 11.8 Å². The number of ether oxygens (including phenoxy) is 1. The van der Waals surface area contributed by atoms with Crippen molar-refractivity contribution in [2.24, 2.45) is 0 Å². The van der Waals surface area contributed by atoms with Gasteiger partial charge in [0.2, 0.25) is 0 Å². The van der Waals surface area contributed by atoms with Gasteiger partial charge in [0.1, 0.15) is 12.0 Å². The van der Waals surface area contributed by atoms with Crippen molar-refractivity contribution in [2.45, 2.75) is 0 Å². The third-order valence-corrected chi connectivity index (χ3v) is 1.51. The molecule has 0 amide bonds. The van der Waals surface area contributed by atoms with Crippen LogP contribution < -0.4 is 4.74 Å². The Balaban J connectivity index is 2.22. The molecule has 0 atom stereocenters. The molecule has 0 aliphatic heterocycles. The molecule has 0 N–H and O–H groups in total. The monoisotopic (exact) mass is 197 g/mol. The molecule has 1 aromatic carbocycles. The van der Waals surface area contributed by atoms with E-state index in [1.807, 2.05) is 0 Å². The lowest BCUT2D eigenvalue weighted by Crippen LogP contribution is -1.87. The van der Waals surface area contributed by atoms with Gasteiger partial charge in [-0.05, 0) is 12.1 Å². The van der Waals surface area contributed by atoms with E-state index in [0.717, 1.165) is 12.1 Å². The minimum absolute atomic E-state index is 0.0176. The van der Waals surface area contributed by atoms with Crippen LogP contribution in [0.4, 0.5) is 8.78 Å². The number of benzene rings is 1. The highest BCUT2D eigenvalue weighted by Gasteiger charge is 2.05. The molecule has 14 heavy (non-hydrogen) atoms. The highest BCUT2D eigenvalue weighted by molar-refractivity contribution is 5.25. The minimum Gasteiger partial charge on any atom is -0.417 e. The molecule has 3 nitrogen and oxygen atoms in total. The lowest BCUT2D eigenvalue weighted by atomic mass is 10.3. The molecular formula is C9H5F2NO2. The van der Waals surface area contributed by atoms with Crippen LogP contribution in [-0.2, 0) is 0 Å². The lowest BCUT2D eigenvalue weighted by Gasteiger charge is -2.00. The molecule has 0 unspecified atom stereocenters. The number of rotatable bonds is 2. The van der Waals surface area contributed by atoms with Crippen LogP contribution in [0.3, 0.4) is 0 Å². The zero-order valence-electron chi connectivity index (χ0n) is 6.91. The van der Waals surface area contributed by atoms with Crippen LogP contribution in [0.25, 0.3) is 0 Å². The fraction of sp³-hybridized carbons (Fsp3) is 0. The molecule has 1 aromatic heterocycles. The number of hydrogen-bond donors (Lipinski definition) is 0. The molecule has 0 spiro atoms. The molecular weight excluding hydrogens is 192 g/mol. The van der Waals surface area contributed by atoms with Crippen molar-refractivity contribution in [2.75, 3.05) is 0 Å². The number of halogens is 2. The molecule has 0 radical (unpaired) electrons. The number of hydrogen-bond acceptors (Lipinski definition) is 3. The Bertz CT molecular complexity index is 428. The van der Waals surface area contributed by atoms with Gasteiger partial charge in [0.25, 0.3) is 0 Å². The smallest absolute Gasteiger partial charge is 0.399 e. The predicted octanol–water partition coefficient (Wildman–Crippen LogP) is 2.75. The van der Waals surface area contributed by atoms with Gasteiger partial charge in [-0.15, -0.1) is 0 Å². The number of oxazole rings is 1. The Labute approximate surface area is 77.9 Å². The normalized spacial score (nSPS) is 10.1. The molecule has 0 saturated heterocycles. The summed E-state index contributed by atoms with van der Waals surface area (Å²) in [5, 5.41) is 0. The molecule has 0 saturated carbocycles. The van der Waals surface area contributed by atoms with Gasteiger partial charge in [-0.1, -0.05) is 0 Å². The van der Waals surface area contributed by atoms with E-state index in [2.05, 4.69) is 4.98 Å². The standard InChI is InChI=1S/C9H5F2NO2/c10-7-2-1-6(5-8(7)11)14-9-12-3-4-13-9/h1-5H. The topological polar surface area (TPSA) is 35.3 Å². The summed E-state index contributed by atoms with van der Waals surface area (Å²) in [7, 11) is 0. The van der Waals surface area contributed by atoms with E-state index in [4.69, 9.17) is 9.15 Å². The van der Waals surface area contributed by atoms with E-state index >= 15 is 0 Å². The van der Waals surface area contributed by atoms with Gasteiger partial charge < -0.3 is 9.15 Å². The highest BCUT2D eigenvalue weighted by Crippen LogP contribution is 2.21. The summed E-state index contributed by atoms with van der Waals surface area (Å²) in [6, 6.07) is 3.16. The van der Waals surface area contributed by atoms with Crippen LogP contribution in [0.1, 0.15) is 0 Å². The van der Waals surface area contributed by atoms with Crippen molar-refractivity contribution < 1.29 is 17.9 Å². The SMILES string of the molecule is Fc1ccc(Oc2ncco2)cc1F. The van der Waals surface area contributed by atoms with Crippen LogP contribution in [0.2, 0.25) is 0 Å². The van der Waals surface area contributed by atoms with Crippen molar-refractivity contribution in [1.29, 1.82) is 0 Å². The Morgan fingerprint density at radius 2 is 2.07 bits per heavy atom. The van der Waals surface area contributed by atoms with Crippen LogP contribution in [0.5, 0.6) is 11.8 Å². The summed E-state index contributed by atoms with van der Waals surface area (Å²) in [6.07, 6.45) is 2.68. The minimum atomic E-state index is -0.978. The first-order valence-electron chi connectivity index (χ1n) is 3.78. The first-order valence-corrected chi connectivity index (χ1v) is 3.78. The Morgan fingerprint density at radius 3 is 2.71 bits per heavy atom. The average Bonchev–Trinajstić information content (AvgIpc) is 2.64. The van der Waals surface area contributed by atoms with Gasteiger partial charge in [0, 0.05) is 6.07 Å². The average molecular weight is 197 g/mol. The van der Waals surface area contributed by atoms with Crippen LogP contribution >= 0.6 is 0 Å². The summed E-state index contributed by atoms with van der Waals surface area (Å²) < 4.78 is 34.9. The quantitative estimate of drug-likeness (QED) is 0.742. The highest BCUT2D eigenvalue weighted by atomic mass is 19.2. The van der Waals surface area contributed by atoms with Gasteiger partial charge in [0.05, 0.1) is 6.20 Å². The molecule has 2 aromatic rings. The van der Waals surface area contributed by atoms with E-state index in [9.17, 15) is 8.78 Å². The molecule has 72 valence electrons. The Kier molecular flexibility index (Phi) is 2.14. The van der Waals surface area contributed by atoms with Gasteiger partial charge >= 0.3 is 6.08 Å². The maximum Gasteiger partial charge on any atom is 0.399 e. The fourth-order valence-electron chi connectivity index (χ4n) is 0.902. The summed E-state index contributed by atoms with van der Waals surface area (Å²) in [4.78, 5) is 3.66. The van der Waals surface area contributed by atoms with E-state index < -0.39 is 11.6 Å². The molecule has 1 heterocycles. The summed E-state index contributed by atoms with van der Waals surface area (Å²) in [5.41, 5.74) is 0. The van der Waals surface area contributed by atoms with Crippen molar-refractivity contribution in [3.8, 4) is 11.8 Å². The van der Waals surface area contributed by atoms with E-state index in [1.54, 1.807) is 0 Å². The van der Waals surface area contributed by atoms with Crippen LogP contribution in [-0.4, -0.2) is 4.98 Å². The second-order valence-electron chi connectivity index (χ2n) is 2.48. The Hall–Kier alpha value is -1.91. The second-order valence-corrected chi connectivity index (χ2v) is 2.48. The van der Waals surface area contributed by atoms with Crippen molar-refractivity contribution in [1.82, 2.24) is 4.98 Å². The summed E-state index contributed by atoms with van der Waals surface area (Å²) in [6.45, 7) is 0. The maximum atomic E-state index is 12.7. The second kappa shape index (κ2) is 3.45. The van der Waals surface area contributed by atoms with E-state index in [0.29, 0.717) is 0 Å². The number of nitrogens with zero attached hydrogens (tertiary/aromatic N) is 1. The van der Waals surface area contributed by atoms with E-state index in [1.165, 1.54) is 18.5 Å². The van der Waals surface area contributed by atoms with Crippen LogP contribution in [0, 0.1) is 11.6 Å². The van der Waals surface area contributed by atoms with Gasteiger partial charge in [-0.3, -0.25) is 0 Å². The molecule has 0 fully saturated rings. The predicted molar refractivity (Wildman–Crippen MR) is 42.9 cm³/mol. The maximum absolute atomic E-state index is 12.7. The molecule has 5 heteroatoms. The van der Waals surface area contributed by atoms with Gasteiger partial charge in [0.15, 0.2) is 11.6 Å². The zero-order chi connectivity index (χ0) is 9.97. The van der Waals surface area contributed by atoms with Crippen LogP contribution in [0.15, 0.2) is 35.1 Å². The molecule has 2 rings (SSSR count). The van der Waals surface area contributed by atoms with Gasteiger partial charge in [-0.25, -0.2) is 8.78 Å². The Morgan fingerprint density at radius 1 is 1.21 bits per heavy atom. The summed E-state index contributed by atoms with van der Waals surface area (Å²) >= 11 is 0. The zero-order valence-corrected chi connectivity index (χ0v) is 6.91. The lowest BCUT2D eigenvalue weighted by molar-refractivity contribution is 0.328. The first-order chi connectivity index (χ1) is 6.75. The number of aromatic nitrogens is 1. The van der Waals surface area contributed by atoms with Crippen molar-refractivity contribution in [3.05, 3.63) is 42.3 Å². The largest absolute Gasteiger partial charge is 0.417 e. The summed E-state index contributed by atoms with van der Waals surface area (Å²) in [5.74, 6) is -1.77. The first kappa shape index (κ1) is 8.68. The van der Waals surface area contributed by atoms with Gasteiger partial charge in [-0.2, -0.15) is 4.98 Å². The molecule has 0 bridgehead atoms. The molecule has 0 aliphatic rings. The molecule has 0 aliphatic carbocycles. The van der Waals surface area contributed by atoms with Crippen molar-refractivity contribution >= 4 is 0 Å². The third kappa shape index (κ3) is 1.71.